The zero-order valence-electron chi connectivity index (χ0n) is 13.8. The van der Waals surface area contributed by atoms with Gasteiger partial charge in [-0.05, 0) is 32.3 Å². The van der Waals surface area contributed by atoms with E-state index < -0.39 is 0 Å². The molecule has 0 heterocycles. The van der Waals surface area contributed by atoms with Crippen LogP contribution in [0.1, 0.15) is 69.1 Å². The predicted octanol–water partition coefficient (Wildman–Crippen LogP) is 4.89. The van der Waals surface area contributed by atoms with E-state index in [0.29, 0.717) is 11.5 Å². The lowest BCUT2D eigenvalue weighted by Crippen LogP contribution is -2.40. The molecule has 0 atom stereocenters. The molecule has 1 aromatic rings. The average Bonchev–Trinajstić information content (AvgIpc) is 2.61. The molecule has 0 aliphatic heterocycles. The van der Waals surface area contributed by atoms with Gasteiger partial charge in [-0.25, -0.2) is 0 Å². The van der Waals surface area contributed by atoms with Crippen molar-refractivity contribution in [2.75, 3.05) is 6.54 Å². The van der Waals surface area contributed by atoms with Crippen LogP contribution in [0.5, 0.6) is 0 Å². The molecule has 20 heavy (non-hydrogen) atoms. The van der Waals surface area contributed by atoms with Crippen LogP contribution < -0.4 is 5.32 Å². The topological polar surface area (TPSA) is 12.0 Å². The zero-order chi connectivity index (χ0) is 14.6. The van der Waals surface area contributed by atoms with Crippen LogP contribution in [-0.2, 0) is 5.41 Å². The van der Waals surface area contributed by atoms with Gasteiger partial charge in [-0.3, -0.25) is 0 Å². The van der Waals surface area contributed by atoms with E-state index >= 15 is 0 Å². The third kappa shape index (κ3) is 3.85. The predicted molar refractivity (Wildman–Crippen MR) is 88.4 cm³/mol. The molecule has 1 aliphatic rings. The van der Waals surface area contributed by atoms with Crippen LogP contribution in [0.4, 0.5) is 0 Å². The summed E-state index contributed by atoms with van der Waals surface area (Å²) < 4.78 is 0. The standard InChI is InChI=1S/C19H31N/c1-15(2)20-14-19(9-7-5-6-8-10-19)18-12-16(3)11-17(4)13-18/h11-13,15,20H,5-10,14H2,1-4H3. The van der Waals surface area contributed by atoms with Crippen LogP contribution in [0.15, 0.2) is 18.2 Å². The molecule has 0 saturated heterocycles. The summed E-state index contributed by atoms with van der Waals surface area (Å²) in [6, 6.07) is 7.73. The highest BCUT2D eigenvalue weighted by Gasteiger charge is 2.32. The molecule has 0 aromatic heterocycles. The molecule has 0 unspecified atom stereocenters. The van der Waals surface area contributed by atoms with Gasteiger partial charge < -0.3 is 5.32 Å². The van der Waals surface area contributed by atoms with Gasteiger partial charge in [0.25, 0.3) is 0 Å². The van der Waals surface area contributed by atoms with E-state index in [9.17, 15) is 0 Å². The third-order valence-corrected chi connectivity index (χ3v) is 4.74. The smallest absolute Gasteiger partial charge is 0.00780 e. The fraction of sp³-hybridized carbons (Fsp3) is 0.684. The summed E-state index contributed by atoms with van der Waals surface area (Å²) in [7, 11) is 0. The maximum Gasteiger partial charge on any atom is 0.00780 e. The summed E-state index contributed by atoms with van der Waals surface area (Å²) in [6.07, 6.45) is 8.27. The fourth-order valence-corrected chi connectivity index (χ4v) is 3.65. The third-order valence-electron chi connectivity index (χ3n) is 4.74. The normalized spacial score (nSPS) is 19.1. The van der Waals surface area contributed by atoms with E-state index in [1.807, 2.05) is 0 Å². The number of aryl methyl sites for hydroxylation is 2. The Kier molecular flexibility index (Phi) is 5.26. The first-order valence-electron chi connectivity index (χ1n) is 8.34. The van der Waals surface area contributed by atoms with E-state index in [1.165, 1.54) is 49.7 Å². The Labute approximate surface area is 125 Å². The van der Waals surface area contributed by atoms with Crippen molar-refractivity contribution in [3.05, 3.63) is 34.9 Å². The van der Waals surface area contributed by atoms with Gasteiger partial charge in [-0.1, -0.05) is 68.9 Å². The monoisotopic (exact) mass is 273 g/mol. The summed E-state index contributed by atoms with van der Waals surface area (Å²) in [6.45, 7) is 10.1. The molecule has 0 radical (unpaired) electrons. The molecule has 1 N–H and O–H groups in total. The van der Waals surface area contributed by atoms with Gasteiger partial charge in [0.05, 0.1) is 0 Å². The molecule has 1 heteroatoms. The Morgan fingerprint density at radius 1 is 0.950 bits per heavy atom. The average molecular weight is 273 g/mol. The van der Waals surface area contributed by atoms with Crippen molar-refractivity contribution in [2.24, 2.45) is 0 Å². The Balaban J connectivity index is 2.32. The van der Waals surface area contributed by atoms with E-state index in [2.05, 4.69) is 51.2 Å². The molecule has 1 aliphatic carbocycles. The molecule has 0 amide bonds. The summed E-state index contributed by atoms with van der Waals surface area (Å²) in [5.41, 5.74) is 4.75. The van der Waals surface area contributed by atoms with Crippen LogP contribution in [0.2, 0.25) is 0 Å². The van der Waals surface area contributed by atoms with Gasteiger partial charge >= 0.3 is 0 Å². The Morgan fingerprint density at radius 2 is 1.50 bits per heavy atom. The lowest BCUT2D eigenvalue weighted by Gasteiger charge is -2.35. The highest BCUT2D eigenvalue weighted by Crippen LogP contribution is 2.38. The fourth-order valence-electron chi connectivity index (χ4n) is 3.65. The number of benzene rings is 1. The largest absolute Gasteiger partial charge is 0.314 e. The van der Waals surface area contributed by atoms with Gasteiger partial charge in [0.15, 0.2) is 0 Å². The lowest BCUT2D eigenvalue weighted by molar-refractivity contribution is 0.335. The quantitative estimate of drug-likeness (QED) is 0.770. The molecule has 1 fully saturated rings. The van der Waals surface area contributed by atoms with Crippen molar-refractivity contribution in [1.29, 1.82) is 0 Å². The van der Waals surface area contributed by atoms with Gasteiger partial charge in [-0.2, -0.15) is 0 Å². The van der Waals surface area contributed by atoms with Crippen molar-refractivity contribution in [3.8, 4) is 0 Å². The zero-order valence-corrected chi connectivity index (χ0v) is 13.8. The maximum atomic E-state index is 3.72. The lowest BCUT2D eigenvalue weighted by atomic mass is 9.73. The molecule has 1 saturated carbocycles. The summed E-state index contributed by atoms with van der Waals surface area (Å²) >= 11 is 0. The maximum absolute atomic E-state index is 3.72. The molecular weight excluding hydrogens is 242 g/mol. The highest BCUT2D eigenvalue weighted by molar-refractivity contribution is 5.34. The van der Waals surface area contributed by atoms with Crippen molar-refractivity contribution in [2.45, 2.75) is 77.7 Å². The Morgan fingerprint density at radius 3 is 2.00 bits per heavy atom. The second kappa shape index (κ2) is 6.76. The van der Waals surface area contributed by atoms with Crippen LogP contribution in [-0.4, -0.2) is 12.6 Å². The number of hydrogen-bond donors (Lipinski definition) is 1. The summed E-state index contributed by atoms with van der Waals surface area (Å²) in [5, 5.41) is 3.72. The first-order valence-corrected chi connectivity index (χ1v) is 8.34. The SMILES string of the molecule is Cc1cc(C)cc(C2(CNC(C)C)CCCCCC2)c1. The second-order valence-electron chi connectivity index (χ2n) is 7.11. The van der Waals surface area contributed by atoms with Crippen LogP contribution in [0, 0.1) is 13.8 Å². The second-order valence-corrected chi connectivity index (χ2v) is 7.11. The highest BCUT2D eigenvalue weighted by atomic mass is 14.9. The minimum absolute atomic E-state index is 0.359. The van der Waals surface area contributed by atoms with E-state index in [1.54, 1.807) is 5.56 Å². The van der Waals surface area contributed by atoms with Crippen molar-refractivity contribution >= 4 is 0 Å². The van der Waals surface area contributed by atoms with Crippen molar-refractivity contribution < 1.29 is 0 Å². The van der Waals surface area contributed by atoms with E-state index in [0.717, 1.165) is 6.54 Å². The van der Waals surface area contributed by atoms with E-state index in [4.69, 9.17) is 0 Å². The van der Waals surface area contributed by atoms with E-state index in [-0.39, 0.29) is 0 Å². The molecule has 2 rings (SSSR count). The molecule has 0 spiro atoms. The summed E-state index contributed by atoms with van der Waals surface area (Å²) in [5.74, 6) is 0. The van der Waals surface area contributed by atoms with Crippen molar-refractivity contribution in [1.82, 2.24) is 5.32 Å². The van der Waals surface area contributed by atoms with Gasteiger partial charge in [0.2, 0.25) is 0 Å². The van der Waals surface area contributed by atoms with Gasteiger partial charge in [0.1, 0.15) is 0 Å². The number of nitrogens with one attached hydrogen (secondary N) is 1. The molecule has 0 bridgehead atoms. The van der Waals surface area contributed by atoms with Crippen LogP contribution >= 0.6 is 0 Å². The van der Waals surface area contributed by atoms with Gasteiger partial charge in [0, 0.05) is 18.0 Å². The number of rotatable bonds is 4. The first-order chi connectivity index (χ1) is 9.52. The van der Waals surface area contributed by atoms with Crippen LogP contribution in [0.25, 0.3) is 0 Å². The molecule has 1 nitrogen and oxygen atoms in total. The Bertz CT molecular complexity index is 405. The Hall–Kier alpha value is -0.820. The van der Waals surface area contributed by atoms with Crippen molar-refractivity contribution in [3.63, 3.8) is 0 Å². The molecule has 1 aromatic carbocycles. The number of hydrogen-bond acceptors (Lipinski definition) is 1. The van der Waals surface area contributed by atoms with Crippen LogP contribution in [0.3, 0.4) is 0 Å². The van der Waals surface area contributed by atoms with Gasteiger partial charge in [-0.15, -0.1) is 0 Å². The minimum atomic E-state index is 0.359. The summed E-state index contributed by atoms with van der Waals surface area (Å²) in [4.78, 5) is 0. The molecular formula is C19H31N. The molecule has 112 valence electrons. The first kappa shape index (κ1) is 15.6. The minimum Gasteiger partial charge on any atom is -0.314 e.